The standard InChI is InChI=1S/C18H17ClN4O3S/c1-10-13(11(2)23-17(20-10)21-18(22-23)27-3)8-16(25)26-9-15(24)12-6-4-5-7-14(12)19/h4-7H,8-9H2,1-3H3. The number of hydrogen-bond donors (Lipinski definition) is 0. The van der Waals surface area contributed by atoms with Crippen molar-refractivity contribution >= 4 is 40.9 Å². The summed E-state index contributed by atoms with van der Waals surface area (Å²) in [5.74, 6) is -0.384. The van der Waals surface area contributed by atoms with Gasteiger partial charge in [-0.05, 0) is 32.2 Å². The molecular weight excluding hydrogens is 388 g/mol. The zero-order valence-corrected chi connectivity index (χ0v) is 16.6. The number of aryl methyl sites for hydroxylation is 2. The van der Waals surface area contributed by atoms with Gasteiger partial charge in [0.25, 0.3) is 5.78 Å². The number of benzene rings is 1. The maximum absolute atomic E-state index is 12.3. The number of rotatable bonds is 6. The van der Waals surface area contributed by atoms with Crippen molar-refractivity contribution in [2.75, 3.05) is 12.9 Å². The van der Waals surface area contributed by atoms with Crippen LogP contribution in [0.5, 0.6) is 0 Å². The minimum Gasteiger partial charge on any atom is -0.457 e. The van der Waals surface area contributed by atoms with Crippen molar-refractivity contribution in [3.05, 3.63) is 51.8 Å². The summed E-state index contributed by atoms with van der Waals surface area (Å²) in [5, 5.41) is 5.28. The van der Waals surface area contributed by atoms with Crippen LogP contribution in [-0.2, 0) is 16.0 Å². The van der Waals surface area contributed by atoms with Gasteiger partial charge in [0.1, 0.15) is 0 Å². The molecule has 0 saturated carbocycles. The van der Waals surface area contributed by atoms with Gasteiger partial charge in [-0.2, -0.15) is 4.98 Å². The highest BCUT2D eigenvalue weighted by molar-refractivity contribution is 7.98. The molecule has 0 N–H and O–H groups in total. The van der Waals surface area contributed by atoms with Gasteiger partial charge in [-0.3, -0.25) is 9.59 Å². The highest BCUT2D eigenvalue weighted by Gasteiger charge is 2.18. The number of ether oxygens (including phenoxy) is 1. The summed E-state index contributed by atoms with van der Waals surface area (Å²) in [6.45, 7) is 3.28. The first-order valence-corrected chi connectivity index (χ1v) is 9.71. The van der Waals surface area contributed by atoms with E-state index in [0.717, 1.165) is 5.69 Å². The molecule has 3 aromatic rings. The van der Waals surface area contributed by atoms with Crippen molar-refractivity contribution < 1.29 is 14.3 Å². The minimum atomic E-state index is -0.520. The van der Waals surface area contributed by atoms with Crippen molar-refractivity contribution in [2.24, 2.45) is 0 Å². The molecule has 0 fully saturated rings. The highest BCUT2D eigenvalue weighted by atomic mass is 35.5. The van der Waals surface area contributed by atoms with Crippen LogP contribution >= 0.6 is 23.4 Å². The van der Waals surface area contributed by atoms with Gasteiger partial charge in [0.2, 0.25) is 10.9 Å². The Bertz CT molecular complexity index is 1030. The molecule has 0 bridgehead atoms. The van der Waals surface area contributed by atoms with Crippen molar-refractivity contribution in [1.82, 2.24) is 19.6 Å². The monoisotopic (exact) mass is 404 g/mol. The Hall–Kier alpha value is -2.45. The third-order valence-corrected chi connectivity index (χ3v) is 4.94. The molecule has 3 rings (SSSR count). The molecule has 0 amide bonds. The molecule has 0 aliphatic rings. The normalized spacial score (nSPS) is 11.0. The van der Waals surface area contributed by atoms with Crippen molar-refractivity contribution in [3.63, 3.8) is 0 Å². The smallest absolute Gasteiger partial charge is 0.310 e. The van der Waals surface area contributed by atoms with E-state index >= 15 is 0 Å². The molecule has 0 spiro atoms. The Morgan fingerprint density at radius 3 is 2.67 bits per heavy atom. The topological polar surface area (TPSA) is 86.5 Å². The van der Waals surface area contributed by atoms with Gasteiger partial charge in [0.05, 0.1) is 11.4 Å². The molecule has 0 unspecified atom stereocenters. The molecule has 2 aromatic heterocycles. The first-order chi connectivity index (χ1) is 12.9. The first-order valence-electron chi connectivity index (χ1n) is 8.11. The molecule has 140 valence electrons. The van der Waals surface area contributed by atoms with Crippen LogP contribution in [0.1, 0.15) is 27.3 Å². The lowest BCUT2D eigenvalue weighted by atomic mass is 10.1. The summed E-state index contributed by atoms with van der Waals surface area (Å²) in [6, 6.07) is 6.64. The number of esters is 1. The number of fused-ring (bicyclic) bond motifs is 1. The van der Waals surface area contributed by atoms with Crippen LogP contribution in [0.2, 0.25) is 5.02 Å². The van der Waals surface area contributed by atoms with E-state index in [1.807, 2.05) is 13.2 Å². The maximum Gasteiger partial charge on any atom is 0.310 e. The lowest BCUT2D eigenvalue weighted by Crippen LogP contribution is -2.18. The number of Topliss-reactive ketones (excluding diaryl/α,β-unsaturated/α-hetero) is 1. The number of aromatic nitrogens is 4. The van der Waals surface area contributed by atoms with Crippen LogP contribution in [0.3, 0.4) is 0 Å². The molecular formula is C18H17ClN4O3S. The fourth-order valence-electron chi connectivity index (χ4n) is 2.64. The fourth-order valence-corrected chi connectivity index (χ4v) is 3.22. The molecule has 0 aliphatic carbocycles. The number of carbonyl (C=O) groups excluding carboxylic acids is 2. The van der Waals surface area contributed by atoms with Crippen molar-refractivity contribution in [3.8, 4) is 0 Å². The van der Waals surface area contributed by atoms with E-state index in [4.69, 9.17) is 16.3 Å². The van der Waals surface area contributed by atoms with Crippen LogP contribution in [0.25, 0.3) is 5.78 Å². The van der Waals surface area contributed by atoms with Crippen LogP contribution in [0, 0.1) is 13.8 Å². The van der Waals surface area contributed by atoms with Crippen LogP contribution in [-0.4, -0.2) is 44.2 Å². The molecule has 1 aromatic carbocycles. The Balaban J connectivity index is 1.72. The summed E-state index contributed by atoms with van der Waals surface area (Å²) in [6.07, 6.45) is 1.87. The number of ketones is 1. The summed E-state index contributed by atoms with van der Waals surface area (Å²) in [5.41, 5.74) is 2.47. The quantitative estimate of drug-likeness (QED) is 0.354. The number of carbonyl (C=O) groups is 2. The van der Waals surface area contributed by atoms with Gasteiger partial charge in [-0.25, -0.2) is 9.50 Å². The SMILES string of the molecule is CSc1nc2nc(C)c(CC(=O)OCC(=O)c3ccccc3Cl)c(C)n2n1. The lowest BCUT2D eigenvalue weighted by molar-refractivity contribution is -0.141. The Morgan fingerprint density at radius 2 is 1.96 bits per heavy atom. The predicted molar refractivity (Wildman–Crippen MR) is 102 cm³/mol. The Labute approximate surface area is 165 Å². The van der Waals surface area contributed by atoms with Gasteiger partial charge >= 0.3 is 5.97 Å². The number of halogens is 1. The largest absolute Gasteiger partial charge is 0.457 e. The van der Waals surface area contributed by atoms with Gasteiger partial charge < -0.3 is 4.74 Å². The summed E-state index contributed by atoms with van der Waals surface area (Å²) in [7, 11) is 0. The summed E-state index contributed by atoms with van der Waals surface area (Å²) < 4.78 is 6.75. The molecule has 7 nitrogen and oxygen atoms in total. The van der Waals surface area contributed by atoms with Gasteiger partial charge in [-0.1, -0.05) is 35.5 Å². The molecule has 0 radical (unpaired) electrons. The first kappa shape index (κ1) is 19.3. The van der Waals surface area contributed by atoms with Gasteiger partial charge in [0, 0.05) is 22.5 Å². The van der Waals surface area contributed by atoms with Gasteiger partial charge in [-0.15, -0.1) is 5.10 Å². The summed E-state index contributed by atoms with van der Waals surface area (Å²) in [4.78, 5) is 33.1. The molecule has 0 saturated heterocycles. The van der Waals surface area contributed by atoms with E-state index in [2.05, 4.69) is 15.1 Å². The van der Waals surface area contributed by atoms with Crippen LogP contribution in [0.15, 0.2) is 29.4 Å². The minimum absolute atomic E-state index is 0.00906. The molecule has 0 aliphatic heterocycles. The van der Waals surface area contributed by atoms with E-state index in [9.17, 15) is 9.59 Å². The van der Waals surface area contributed by atoms with E-state index in [1.165, 1.54) is 11.8 Å². The average molecular weight is 405 g/mol. The van der Waals surface area contributed by atoms with E-state index < -0.39 is 5.97 Å². The molecule has 2 heterocycles. The van der Waals surface area contributed by atoms with Crippen molar-refractivity contribution in [2.45, 2.75) is 25.4 Å². The number of nitrogens with zero attached hydrogens (tertiary/aromatic N) is 4. The molecule has 27 heavy (non-hydrogen) atoms. The zero-order valence-electron chi connectivity index (χ0n) is 15.0. The Morgan fingerprint density at radius 1 is 1.22 bits per heavy atom. The highest BCUT2D eigenvalue weighted by Crippen LogP contribution is 2.18. The predicted octanol–water partition coefficient (Wildman–Crippen LogP) is 3.09. The number of thioether (sulfide) groups is 1. The molecule has 9 heteroatoms. The average Bonchev–Trinajstić information content (AvgIpc) is 3.07. The fraction of sp³-hybridized carbons (Fsp3) is 0.278. The molecule has 0 atom stereocenters. The zero-order chi connectivity index (χ0) is 19.6. The Kier molecular flexibility index (Phi) is 5.76. The van der Waals surface area contributed by atoms with E-state index in [0.29, 0.717) is 32.8 Å². The van der Waals surface area contributed by atoms with Crippen LogP contribution in [0.4, 0.5) is 0 Å². The second kappa shape index (κ2) is 8.06. The van der Waals surface area contributed by atoms with Crippen molar-refractivity contribution in [1.29, 1.82) is 0 Å². The third kappa shape index (κ3) is 4.12. The summed E-state index contributed by atoms with van der Waals surface area (Å²) >= 11 is 7.40. The maximum atomic E-state index is 12.3. The third-order valence-electron chi connectivity index (χ3n) is 4.07. The number of hydrogen-bond acceptors (Lipinski definition) is 7. The van der Waals surface area contributed by atoms with Crippen LogP contribution < -0.4 is 0 Å². The second-order valence-corrected chi connectivity index (χ2v) is 6.99. The van der Waals surface area contributed by atoms with Gasteiger partial charge in [0.15, 0.2) is 6.61 Å². The lowest BCUT2D eigenvalue weighted by Gasteiger charge is -2.10. The second-order valence-electron chi connectivity index (χ2n) is 5.81. The van der Waals surface area contributed by atoms with E-state index in [-0.39, 0.29) is 18.8 Å². The van der Waals surface area contributed by atoms with E-state index in [1.54, 1.807) is 35.7 Å².